The Kier molecular flexibility index (Phi) is 5.13. The first kappa shape index (κ1) is 23.2. The number of imide groups is 1. The molecule has 6 nitrogen and oxygen atoms in total. The van der Waals surface area contributed by atoms with E-state index in [-0.39, 0.29) is 29.4 Å². The Balaban J connectivity index is 1.65. The maximum Gasteiger partial charge on any atom is 0.240 e. The van der Waals surface area contributed by atoms with Gasteiger partial charge in [-0.15, -0.1) is 0 Å². The van der Waals surface area contributed by atoms with Gasteiger partial charge in [0.05, 0.1) is 23.6 Å². The normalized spacial score (nSPS) is 25.3. The van der Waals surface area contributed by atoms with Crippen LogP contribution in [0.4, 0.5) is 11.4 Å². The zero-order chi connectivity index (χ0) is 25.4. The van der Waals surface area contributed by atoms with E-state index in [1.807, 2.05) is 57.7 Å². The van der Waals surface area contributed by atoms with Crippen molar-refractivity contribution < 1.29 is 19.2 Å². The highest BCUT2D eigenvalue weighted by Crippen LogP contribution is 2.51. The predicted molar refractivity (Wildman–Crippen MR) is 135 cm³/mol. The van der Waals surface area contributed by atoms with Crippen molar-refractivity contribution in [2.75, 3.05) is 9.80 Å². The summed E-state index contributed by atoms with van der Waals surface area (Å²) in [7, 11) is 0. The highest BCUT2D eigenvalue weighted by atomic mass is 16.2. The lowest BCUT2D eigenvalue weighted by Crippen LogP contribution is -2.51. The molecule has 0 N–H and O–H groups in total. The van der Waals surface area contributed by atoms with Crippen molar-refractivity contribution in [2.24, 2.45) is 17.3 Å². The standard InChI is InChI=1S/C29H30N2O4/c1-15-7-12-21-20(13-15)16(2)14-22-23-24(25(31(21)22)26(33)29(4,5)6)28(35)30(27(23)34)19-10-8-18(9-11-19)17(3)32/h7-14,22-25H,1-6H3/t22-,23+,24+,25-/m1/s1. The van der Waals surface area contributed by atoms with E-state index in [1.165, 1.54) is 11.8 Å². The maximum atomic E-state index is 13.9. The summed E-state index contributed by atoms with van der Waals surface area (Å²) in [5.74, 6) is -2.22. The van der Waals surface area contributed by atoms with Gasteiger partial charge in [-0.25, -0.2) is 4.90 Å². The third kappa shape index (κ3) is 3.38. The van der Waals surface area contributed by atoms with E-state index in [4.69, 9.17) is 0 Å². The van der Waals surface area contributed by atoms with Gasteiger partial charge in [-0.05, 0) is 62.7 Å². The van der Waals surface area contributed by atoms with Gasteiger partial charge in [-0.1, -0.05) is 38.5 Å². The van der Waals surface area contributed by atoms with Gasteiger partial charge in [0.1, 0.15) is 6.04 Å². The number of rotatable bonds is 3. The van der Waals surface area contributed by atoms with E-state index in [2.05, 4.69) is 6.07 Å². The monoisotopic (exact) mass is 470 g/mol. The van der Waals surface area contributed by atoms with E-state index >= 15 is 0 Å². The number of amides is 2. The number of fused-ring (bicyclic) bond motifs is 5. The van der Waals surface area contributed by atoms with E-state index in [0.717, 1.165) is 22.4 Å². The quantitative estimate of drug-likeness (QED) is 0.484. The van der Waals surface area contributed by atoms with Crippen LogP contribution in [0.25, 0.3) is 5.57 Å². The fraction of sp³-hybridized carbons (Fsp3) is 0.379. The van der Waals surface area contributed by atoms with Crippen molar-refractivity contribution in [2.45, 2.75) is 53.6 Å². The molecular formula is C29H30N2O4. The van der Waals surface area contributed by atoms with Crippen molar-refractivity contribution in [3.05, 3.63) is 65.2 Å². The van der Waals surface area contributed by atoms with Crippen molar-refractivity contribution in [3.63, 3.8) is 0 Å². The first-order valence-electron chi connectivity index (χ1n) is 12.0. The minimum atomic E-state index is -0.775. The summed E-state index contributed by atoms with van der Waals surface area (Å²) in [5, 5.41) is 0. The van der Waals surface area contributed by atoms with Crippen LogP contribution < -0.4 is 9.80 Å². The average Bonchev–Trinajstić information content (AvgIpc) is 3.25. The Morgan fingerprint density at radius 1 is 0.886 bits per heavy atom. The first-order chi connectivity index (χ1) is 16.4. The summed E-state index contributed by atoms with van der Waals surface area (Å²) in [6.45, 7) is 11.1. The Hall–Kier alpha value is -3.54. The molecule has 2 saturated heterocycles. The highest BCUT2D eigenvalue weighted by Gasteiger charge is 2.65. The van der Waals surface area contributed by atoms with Crippen LogP contribution in [0.5, 0.6) is 0 Å². The van der Waals surface area contributed by atoms with Gasteiger partial charge in [0.25, 0.3) is 0 Å². The summed E-state index contributed by atoms with van der Waals surface area (Å²) < 4.78 is 0. The SMILES string of the molecule is CC(=O)c1ccc(N2C(=O)[C@@H]3[C@H](C2=O)[C@H](C(=O)C(C)(C)C)N2c4ccc(C)cc4C(C)=C[C@H]32)cc1. The lowest BCUT2D eigenvalue weighted by molar-refractivity contribution is -0.132. The molecule has 0 radical (unpaired) electrons. The van der Waals surface area contributed by atoms with E-state index in [1.54, 1.807) is 24.3 Å². The van der Waals surface area contributed by atoms with E-state index < -0.39 is 23.3 Å². The Morgan fingerprint density at radius 2 is 1.51 bits per heavy atom. The molecule has 4 atom stereocenters. The van der Waals surface area contributed by atoms with Gasteiger partial charge < -0.3 is 4.90 Å². The van der Waals surface area contributed by atoms with Gasteiger partial charge >= 0.3 is 0 Å². The summed E-state index contributed by atoms with van der Waals surface area (Å²) in [4.78, 5) is 56.5. The molecule has 0 saturated carbocycles. The predicted octanol–water partition coefficient (Wildman–Crippen LogP) is 4.59. The molecule has 3 aliphatic heterocycles. The molecule has 0 unspecified atom stereocenters. The fourth-order valence-electron chi connectivity index (χ4n) is 5.80. The number of benzene rings is 2. The summed E-state index contributed by atoms with van der Waals surface area (Å²) in [6.07, 6.45) is 2.04. The van der Waals surface area contributed by atoms with Crippen LogP contribution in [0.2, 0.25) is 0 Å². The molecule has 2 fully saturated rings. The number of ketones is 2. The summed E-state index contributed by atoms with van der Waals surface area (Å²) in [5.41, 5.74) is 4.33. The molecule has 2 aromatic rings. The molecule has 0 bridgehead atoms. The third-order valence-electron chi connectivity index (χ3n) is 7.54. The molecular weight excluding hydrogens is 440 g/mol. The van der Waals surface area contributed by atoms with Crippen LogP contribution in [0.1, 0.15) is 56.1 Å². The maximum absolute atomic E-state index is 13.9. The number of anilines is 2. The van der Waals surface area contributed by atoms with Crippen LogP contribution in [0.3, 0.4) is 0 Å². The number of Topliss-reactive ketones (excluding diaryl/α,β-unsaturated/α-hetero) is 2. The molecule has 0 aliphatic carbocycles. The Morgan fingerprint density at radius 3 is 2.11 bits per heavy atom. The minimum Gasteiger partial charge on any atom is -0.353 e. The number of carbonyl (C=O) groups is 4. The molecule has 3 heterocycles. The number of aryl methyl sites for hydroxylation is 1. The number of hydrogen-bond acceptors (Lipinski definition) is 5. The van der Waals surface area contributed by atoms with Crippen molar-refractivity contribution >= 4 is 40.3 Å². The first-order valence-corrected chi connectivity index (χ1v) is 12.0. The molecule has 35 heavy (non-hydrogen) atoms. The summed E-state index contributed by atoms with van der Waals surface area (Å²) >= 11 is 0. The second-order valence-corrected chi connectivity index (χ2v) is 11.0. The van der Waals surface area contributed by atoms with Crippen LogP contribution in [0, 0.1) is 24.2 Å². The van der Waals surface area contributed by atoms with Crippen LogP contribution in [0.15, 0.2) is 48.5 Å². The van der Waals surface area contributed by atoms with Crippen molar-refractivity contribution in [1.82, 2.24) is 0 Å². The van der Waals surface area contributed by atoms with E-state index in [9.17, 15) is 19.2 Å². The zero-order valence-corrected chi connectivity index (χ0v) is 21.0. The Labute approximate surface area is 205 Å². The van der Waals surface area contributed by atoms with Gasteiger partial charge in [-0.3, -0.25) is 19.2 Å². The second-order valence-electron chi connectivity index (χ2n) is 11.0. The zero-order valence-electron chi connectivity index (χ0n) is 21.0. The average molecular weight is 471 g/mol. The molecule has 5 rings (SSSR count). The van der Waals surface area contributed by atoms with Gasteiger partial charge in [0.2, 0.25) is 11.8 Å². The largest absolute Gasteiger partial charge is 0.353 e. The molecule has 2 aromatic carbocycles. The molecule has 6 heteroatoms. The summed E-state index contributed by atoms with van der Waals surface area (Å²) in [6, 6.07) is 11.5. The van der Waals surface area contributed by atoms with Crippen LogP contribution in [-0.2, 0) is 14.4 Å². The highest BCUT2D eigenvalue weighted by molar-refractivity contribution is 6.25. The van der Waals surface area contributed by atoms with Crippen molar-refractivity contribution in [3.8, 4) is 0 Å². The van der Waals surface area contributed by atoms with Gasteiger partial charge in [0.15, 0.2) is 11.6 Å². The van der Waals surface area contributed by atoms with Gasteiger partial charge in [0, 0.05) is 22.2 Å². The molecule has 3 aliphatic rings. The van der Waals surface area contributed by atoms with Gasteiger partial charge in [-0.2, -0.15) is 0 Å². The Bertz CT molecular complexity index is 1320. The second kappa shape index (κ2) is 7.74. The fourth-order valence-corrected chi connectivity index (χ4v) is 5.80. The molecule has 180 valence electrons. The van der Waals surface area contributed by atoms with Crippen LogP contribution >= 0.6 is 0 Å². The lowest BCUT2D eigenvalue weighted by atomic mass is 9.79. The van der Waals surface area contributed by atoms with Crippen LogP contribution in [-0.4, -0.2) is 35.5 Å². The topological polar surface area (TPSA) is 74.8 Å². The number of carbonyl (C=O) groups excluding carboxylic acids is 4. The number of allylic oxidation sites excluding steroid dienone is 1. The van der Waals surface area contributed by atoms with Crippen molar-refractivity contribution in [1.29, 1.82) is 0 Å². The number of nitrogens with zero attached hydrogens (tertiary/aromatic N) is 2. The lowest BCUT2D eigenvalue weighted by Gasteiger charge is -2.39. The number of hydrogen-bond donors (Lipinski definition) is 0. The smallest absolute Gasteiger partial charge is 0.240 e. The third-order valence-corrected chi connectivity index (χ3v) is 7.54. The van der Waals surface area contributed by atoms with E-state index in [0.29, 0.717) is 11.3 Å². The molecule has 0 spiro atoms. The minimum absolute atomic E-state index is 0.0515. The molecule has 2 amide bonds. The molecule has 0 aromatic heterocycles.